The minimum absolute atomic E-state index is 0.0758. The smallest absolute Gasteiger partial charge is 0.255 e. The van der Waals surface area contributed by atoms with Crippen molar-refractivity contribution in [3.05, 3.63) is 17.8 Å². The van der Waals surface area contributed by atoms with Crippen LogP contribution in [0.4, 0.5) is 0 Å². The van der Waals surface area contributed by atoms with E-state index in [0.717, 1.165) is 12.8 Å². The van der Waals surface area contributed by atoms with Gasteiger partial charge in [0.2, 0.25) is 0 Å². The molecule has 1 aliphatic carbocycles. The van der Waals surface area contributed by atoms with Crippen LogP contribution in [0, 0.1) is 0 Å². The molecule has 0 unspecified atom stereocenters. The molecule has 88 valence electrons. The van der Waals surface area contributed by atoms with Crippen LogP contribution in [0.3, 0.4) is 0 Å². The Morgan fingerprint density at radius 3 is 2.75 bits per heavy atom. The fourth-order valence-electron chi connectivity index (χ4n) is 1.50. The molecule has 0 aliphatic heterocycles. The Labute approximate surface area is 94.7 Å². The number of nitrogens with two attached hydrogens (primary N) is 1. The van der Waals surface area contributed by atoms with Crippen molar-refractivity contribution in [3.63, 3.8) is 0 Å². The molecule has 1 aromatic heterocycles. The van der Waals surface area contributed by atoms with Crippen molar-refractivity contribution in [1.29, 1.82) is 0 Å². The van der Waals surface area contributed by atoms with E-state index in [1.807, 2.05) is 6.92 Å². The van der Waals surface area contributed by atoms with Crippen LogP contribution in [-0.2, 0) is 16.4 Å². The fourth-order valence-corrected chi connectivity index (χ4v) is 2.30. The fraction of sp³-hybridized carbons (Fsp3) is 0.500. The summed E-state index contributed by atoms with van der Waals surface area (Å²) in [6, 6.07) is 1.69. The molecule has 5 nitrogen and oxygen atoms in total. The van der Waals surface area contributed by atoms with Gasteiger partial charge in [-0.25, -0.2) is 18.5 Å². The van der Waals surface area contributed by atoms with Gasteiger partial charge in [0.1, 0.15) is 5.75 Å². The second kappa shape index (κ2) is 4.03. The topological polar surface area (TPSA) is 82.3 Å². The van der Waals surface area contributed by atoms with Crippen LogP contribution in [0.25, 0.3) is 0 Å². The molecule has 0 saturated heterocycles. The standard InChI is InChI=1S/C10H14N2O3S/c1-2-8-9(15-7-3-4-7)5-6-12-10(8)16(11,13)14/h5-7H,2-4H2,1H3,(H2,11,13,14). The van der Waals surface area contributed by atoms with Gasteiger partial charge in [-0.2, -0.15) is 0 Å². The van der Waals surface area contributed by atoms with E-state index in [9.17, 15) is 8.42 Å². The number of sulfonamides is 1. The Hall–Kier alpha value is -1.14. The lowest BCUT2D eigenvalue weighted by Gasteiger charge is -2.11. The molecule has 0 spiro atoms. The highest BCUT2D eigenvalue weighted by atomic mass is 32.2. The molecule has 1 saturated carbocycles. The van der Waals surface area contributed by atoms with E-state index >= 15 is 0 Å². The van der Waals surface area contributed by atoms with Crippen LogP contribution in [-0.4, -0.2) is 19.5 Å². The predicted molar refractivity (Wildman–Crippen MR) is 58.6 cm³/mol. The van der Waals surface area contributed by atoms with Crippen molar-refractivity contribution in [2.24, 2.45) is 5.14 Å². The van der Waals surface area contributed by atoms with Gasteiger partial charge < -0.3 is 4.74 Å². The second-order valence-electron chi connectivity index (χ2n) is 3.81. The average molecular weight is 242 g/mol. The number of rotatable bonds is 4. The molecule has 2 rings (SSSR count). The van der Waals surface area contributed by atoms with Crippen LogP contribution in [0.15, 0.2) is 17.3 Å². The first-order valence-electron chi connectivity index (χ1n) is 5.19. The lowest BCUT2D eigenvalue weighted by atomic mass is 10.2. The van der Waals surface area contributed by atoms with Crippen LogP contribution in [0.1, 0.15) is 25.3 Å². The molecule has 1 aromatic rings. The summed E-state index contributed by atoms with van der Waals surface area (Å²) in [4.78, 5) is 3.82. The van der Waals surface area contributed by atoms with Crippen molar-refractivity contribution in [3.8, 4) is 5.75 Å². The lowest BCUT2D eigenvalue weighted by molar-refractivity contribution is 0.298. The molecule has 0 atom stereocenters. The van der Waals surface area contributed by atoms with Crippen LogP contribution < -0.4 is 9.88 Å². The number of primary sulfonamides is 1. The summed E-state index contributed by atoms with van der Waals surface area (Å²) >= 11 is 0. The molecule has 1 heterocycles. The number of pyridine rings is 1. The number of hydrogen-bond donors (Lipinski definition) is 1. The molecule has 2 N–H and O–H groups in total. The zero-order valence-electron chi connectivity index (χ0n) is 9.01. The first kappa shape index (κ1) is 11.3. The normalized spacial score (nSPS) is 16.1. The minimum Gasteiger partial charge on any atom is -0.490 e. The summed E-state index contributed by atoms with van der Waals surface area (Å²) in [7, 11) is -3.77. The number of nitrogens with zero attached hydrogens (tertiary/aromatic N) is 1. The van der Waals surface area contributed by atoms with Crippen molar-refractivity contribution in [1.82, 2.24) is 4.98 Å². The Balaban J connectivity index is 2.45. The monoisotopic (exact) mass is 242 g/mol. The largest absolute Gasteiger partial charge is 0.490 e. The summed E-state index contributed by atoms with van der Waals surface area (Å²) in [6.07, 6.45) is 4.21. The molecule has 0 aromatic carbocycles. The summed E-state index contributed by atoms with van der Waals surface area (Å²) < 4.78 is 28.3. The van der Waals surface area contributed by atoms with Gasteiger partial charge in [0.25, 0.3) is 10.0 Å². The van der Waals surface area contributed by atoms with E-state index in [-0.39, 0.29) is 11.1 Å². The van der Waals surface area contributed by atoms with E-state index in [1.165, 1.54) is 6.20 Å². The molecular formula is C10H14N2O3S. The van der Waals surface area contributed by atoms with Crippen molar-refractivity contribution in [2.75, 3.05) is 0 Å². The second-order valence-corrected chi connectivity index (χ2v) is 5.29. The molecule has 0 amide bonds. The van der Waals surface area contributed by atoms with Crippen molar-refractivity contribution in [2.45, 2.75) is 37.3 Å². The molecule has 1 fully saturated rings. The van der Waals surface area contributed by atoms with Gasteiger partial charge in [0.05, 0.1) is 6.10 Å². The molecule has 6 heteroatoms. The summed E-state index contributed by atoms with van der Waals surface area (Å²) in [5.74, 6) is 0.587. The first-order valence-corrected chi connectivity index (χ1v) is 6.74. The Morgan fingerprint density at radius 1 is 1.56 bits per heavy atom. The number of hydrogen-bond acceptors (Lipinski definition) is 4. The van der Waals surface area contributed by atoms with Gasteiger partial charge in [-0.3, -0.25) is 0 Å². The maximum atomic E-state index is 11.3. The highest BCUT2D eigenvalue weighted by Gasteiger charge is 2.26. The quantitative estimate of drug-likeness (QED) is 0.847. The van der Waals surface area contributed by atoms with Crippen LogP contribution in [0.5, 0.6) is 5.75 Å². The molecule has 0 bridgehead atoms. The van der Waals surface area contributed by atoms with Crippen LogP contribution in [0.2, 0.25) is 0 Å². The molecular weight excluding hydrogens is 228 g/mol. The number of aromatic nitrogens is 1. The summed E-state index contributed by atoms with van der Waals surface area (Å²) in [5, 5.41) is 5.03. The Kier molecular flexibility index (Phi) is 2.86. The Morgan fingerprint density at radius 2 is 2.25 bits per heavy atom. The van der Waals surface area contributed by atoms with Gasteiger partial charge in [-0.15, -0.1) is 0 Å². The van der Waals surface area contributed by atoms with E-state index in [4.69, 9.17) is 9.88 Å². The van der Waals surface area contributed by atoms with Gasteiger partial charge in [0.15, 0.2) is 5.03 Å². The zero-order chi connectivity index (χ0) is 11.8. The van der Waals surface area contributed by atoms with Crippen molar-refractivity contribution >= 4 is 10.0 Å². The lowest BCUT2D eigenvalue weighted by Crippen LogP contribution is -2.17. The SMILES string of the molecule is CCc1c(OC2CC2)ccnc1S(N)(=O)=O. The van der Waals surface area contributed by atoms with Gasteiger partial charge in [-0.05, 0) is 25.3 Å². The van der Waals surface area contributed by atoms with Gasteiger partial charge in [-0.1, -0.05) is 6.92 Å². The Bertz CT molecular complexity index is 495. The van der Waals surface area contributed by atoms with E-state index in [1.54, 1.807) is 6.07 Å². The maximum Gasteiger partial charge on any atom is 0.255 e. The summed E-state index contributed by atoms with van der Waals surface area (Å²) in [5.41, 5.74) is 0.567. The minimum atomic E-state index is -3.77. The van der Waals surface area contributed by atoms with E-state index in [2.05, 4.69) is 4.98 Å². The zero-order valence-corrected chi connectivity index (χ0v) is 9.83. The average Bonchev–Trinajstić information content (AvgIpc) is 3.00. The highest BCUT2D eigenvalue weighted by Crippen LogP contribution is 2.31. The molecule has 16 heavy (non-hydrogen) atoms. The summed E-state index contributed by atoms with van der Waals surface area (Å²) in [6.45, 7) is 1.85. The predicted octanol–water partition coefficient (Wildman–Crippen LogP) is 0.833. The third-order valence-corrected chi connectivity index (χ3v) is 3.31. The first-order chi connectivity index (χ1) is 7.52. The van der Waals surface area contributed by atoms with Crippen LogP contribution >= 0.6 is 0 Å². The maximum absolute atomic E-state index is 11.3. The molecule has 1 aliphatic rings. The van der Waals surface area contributed by atoms with Gasteiger partial charge >= 0.3 is 0 Å². The van der Waals surface area contributed by atoms with E-state index in [0.29, 0.717) is 17.7 Å². The van der Waals surface area contributed by atoms with E-state index < -0.39 is 10.0 Å². The number of ether oxygens (including phenoxy) is 1. The van der Waals surface area contributed by atoms with Crippen molar-refractivity contribution < 1.29 is 13.2 Å². The highest BCUT2D eigenvalue weighted by molar-refractivity contribution is 7.89. The van der Waals surface area contributed by atoms with Gasteiger partial charge in [0, 0.05) is 11.8 Å². The third kappa shape index (κ3) is 2.33. The third-order valence-electron chi connectivity index (χ3n) is 2.41. The molecule has 0 radical (unpaired) electrons.